The van der Waals surface area contributed by atoms with Crippen molar-refractivity contribution in [3.8, 4) is 11.5 Å². The third kappa shape index (κ3) is 12.1. The minimum atomic E-state index is -1.90. The summed E-state index contributed by atoms with van der Waals surface area (Å²) in [5.74, 6) is -2.87. The molecule has 3 amide bonds. The highest BCUT2D eigenvalue weighted by atomic mass is 16.7. The Bertz CT molecular complexity index is 1690. The van der Waals surface area contributed by atoms with Gasteiger partial charge in [0, 0.05) is 30.9 Å². The molecule has 1 fully saturated rings. The number of hydrogen-bond acceptors (Lipinski definition) is 13. The van der Waals surface area contributed by atoms with Gasteiger partial charge in [-0.1, -0.05) is 24.3 Å². The van der Waals surface area contributed by atoms with E-state index in [1.54, 1.807) is 39.0 Å². The molecule has 16 nitrogen and oxygen atoms in total. The number of aliphatic carboxylic acids is 1. The Morgan fingerprint density at radius 3 is 2.21 bits per heavy atom. The summed E-state index contributed by atoms with van der Waals surface area (Å²) in [4.78, 5) is 63.6. The van der Waals surface area contributed by atoms with E-state index >= 15 is 0 Å². The second-order valence-corrected chi connectivity index (χ2v) is 14.5. The second-order valence-electron chi connectivity index (χ2n) is 14.5. The Balaban J connectivity index is 1.37. The molecule has 56 heavy (non-hydrogen) atoms. The lowest BCUT2D eigenvalue weighted by atomic mass is 9.97. The van der Waals surface area contributed by atoms with Gasteiger partial charge in [-0.2, -0.15) is 0 Å². The number of aliphatic hydroxyl groups is 3. The van der Waals surface area contributed by atoms with E-state index in [0.717, 1.165) is 28.2 Å². The Morgan fingerprint density at radius 1 is 0.893 bits per heavy atom. The van der Waals surface area contributed by atoms with Crippen LogP contribution in [0.25, 0.3) is 0 Å². The number of carbonyl (C=O) groups is 5. The van der Waals surface area contributed by atoms with Crippen LogP contribution in [-0.2, 0) is 57.6 Å². The largest absolute Gasteiger partial charge is 0.491 e. The van der Waals surface area contributed by atoms with Gasteiger partial charge < -0.3 is 49.4 Å². The van der Waals surface area contributed by atoms with E-state index in [2.05, 4.69) is 5.32 Å². The van der Waals surface area contributed by atoms with Crippen LogP contribution in [0.1, 0.15) is 63.6 Å². The molecule has 16 heteroatoms. The van der Waals surface area contributed by atoms with E-state index < -0.39 is 71.8 Å². The molecule has 2 aliphatic heterocycles. The molecular weight excluding hydrogens is 732 g/mol. The number of carboxylic acid groups (broad SMARTS) is 1. The summed E-state index contributed by atoms with van der Waals surface area (Å²) in [6, 6.07) is 11.3. The SMILES string of the molecule is CCOCCOc1ccc(CC[C@@H](C(=O)NCCCCc2ccc(COC(=O)C(C)(C)C)c(O[C@@H]3O[C@H](C(=O)O)[C@@H](O)[C@H](O)[C@H]3O)c2)N2C(=O)C=CC2=O)cc1. The summed E-state index contributed by atoms with van der Waals surface area (Å²) in [5, 5.41) is 43.2. The van der Waals surface area contributed by atoms with Crippen molar-refractivity contribution in [2.24, 2.45) is 5.41 Å². The molecule has 4 rings (SSSR count). The van der Waals surface area contributed by atoms with Crippen LogP contribution in [0, 0.1) is 5.41 Å². The molecule has 2 aromatic carbocycles. The zero-order chi connectivity index (χ0) is 41.0. The van der Waals surface area contributed by atoms with Gasteiger partial charge in [0.1, 0.15) is 49.1 Å². The quantitative estimate of drug-likeness (QED) is 0.0734. The highest BCUT2D eigenvalue weighted by Gasteiger charge is 2.48. The average Bonchev–Trinajstić information content (AvgIpc) is 3.49. The molecule has 306 valence electrons. The van der Waals surface area contributed by atoms with Crippen molar-refractivity contribution in [2.75, 3.05) is 26.4 Å². The van der Waals surface area contributed by atoms with E-state index in [1.807, 2.05) is 31.2 Å². The van der Waals surface area contributed by atoms with Crippen LogP contribution in [0.15, 0.2) is 54.6 Å². The van der Waals surface area contributed by atoms with Gasteiger partial charge in [0.25, 0.3) is 11.8 Å². The molecule has 6 atom stereocenters. The molecule has 2 aliphatic rings. The summed E-state index contributed by atoms with van der Waals surface area (Å²) in [7, 11) is 0. The van der Waals surface area contributed by atoms with E-state index in [-0.39, 0.29) is 25.3 Å². The highest BCUT2D eigenvalue weighted by Crippen LogP contribution is 2.30. The van der Waals surface area contributed by atoms with Gasteiger partial charge in [-0.25, -0.2) is 4.79 Å². The molecule has 2 heterocycles. The standard InChI is InChI=1S/C40H52N2O14/c1-5-52-20-21-53-27-14-10-24(11-15-27)12-16-28(42-30(43)17-18-31(42)44)36(48)41-19-7-6-8-25-9-13-26(23-54-39(51)40(2,3)4)29(22-25)55-38-34(47)32(45)33(46)35(56-38)37(49)50/h9-11,13-15,17-18,22,28,32-35,38,45-47H,5-8,12,16,19-21,23H2,1-4H3,(H,41,48)(H,49,50)/t28-,32-,33-,34+,35-,38+/m0/s1. The molecule has 0 bridgehead atoms. The second kappa shape index (κ2) is 20.3. The molecule has 1 saturated heterocycles. The summed E-state index contributed by atoms with van der Waals surface area (Å²) >= 11 is 0. The van der Waals surface area contributed by atoms with Crippen LogP contribution in [0.4, 0.5) is 0 Å². The van der Waals surface area contributed by atoms with E-state index in [1.165, 1.54) is 0 Å². The highest BCUT2D eigenvalue weighted by molar-refractivity contribution is 6.15. The topological polar surface area (TPSA) is 228 Å². The number of nitrogens with zero attached hydrogens (tertiary/aromatic N) is 1. The molecule has 2 aromatic rings. The number of benzene rings is 2. The lowest BCUT2D eigenvalue weighted by Gasteiger charge is -2.38. The summed E-state index contributed by atoms with van der Waals surface area (Å²) in [6.07, 6.45) is -4.67. The first kappa shape index (κ1) is 43.9. The number of aliphatic hydroxyl groups excluding tert-OH is 3. The average molecular weight is 785 g/mol. The first-order valence-electron chi connectivity index (χ1n) is 18.6. The number of esters is 1. The zero-order valence-electron chi connectivity index (χ0n) is 32.0. The summed E-state index contributed by atoms with van der Waals surface area (Å²) in [6.45, 7) is 8.49. The predicted octanol–water partition coefficient (Wildman–Crippen LogP) is 1.83. The maximum absolute atomic E-state index is 13.4. The van der Waals surface area contributed by atoms with E-state index in [4.69, 9.17) is 23.7 Å². The van der Waals surface area contributed by atoms with Crippen molar-refractivity contribution < 1.29 is 68.1 Å². The number of carbonyl (C=O) groups excluding carboxylic acids is 4. The molecular formula is C40H52N2O14. The third-order valence-electron chi connectivity index (χ3n) is 9.14. The van der Waals surface area contributed by atoms with Crippen molar-refractivity contribution in [3.05, 3.63) is 71.3 Å². The smallest absolute Gasteiger partial charge is 0.335 e. The molecule has 0 spiro atoms. The predicted molar refractivity (Wildman–Crippen MR) is 198 cm³/mol. The molecule has 0 radical (unpaired) electrons. The van der Waals surface area contributed by atoms with Crippen LogP contribution >= 0.6 is 0 Å². The number of unbranched alkanes of at least 4 members (excludes halogenated alkanes) is 1. The Kier molecular flexibility index (Phi) is 15.9. The van der Waals surface area contributed by atoms with Crippen molar-refractivity contribution in [2.45, 2.75) is 103 Å². The van der Waals surface area contributed by atoms with E-state index in [0.29, 0.717) is 56.8 Å². The van der Waals surface area contributed by atoms with E-state index in [9.17, 15) is 44.4 Å². The number of carboxylic acids is 1. The van der Waals surface area contributed by atoms with Crippen LogP contribution < -0.4 is 14.8 Å². The van der Waals surface area contributed by atoms with Crippen LogP contribution in [0.3, 0.4) is 0 Å². The van der Waals surface area contributed by atoms with Gasteiger partial charge in [0.2, 0.25) is 12.2 Å². The molecule has 0 aliphatic carbocycles. The Labute approximate surface area is 325 Å². The van der Waals surface area contributed by atoms with Crippen LogP contribution in [0.2, 0.25) is 0 Å². The number of hydrogen-bond donors (Lipinski definition) is 5. The van der Waals surface area contributed by atoms with Crippen molar-refractivity contribution in [1.29, 1.82) is 0 Å². The fourth-order valence-corrected chi connectivity index (χ4v) is 5.92. The minimum Gasteiger partial charge on any atom is -0.491 e. The third-order valence-corrected chi connectivity index (χ3v) is 9.14. The fraction of sp³-hybridized carbons (Fsp3) is 0.525. The van der Waals surface area contributed by atoms with Gasteiger partial charge in [0.05, 0.1) is 12.0 Å². The summed E-state index contributed by atoms with van der Waals surface area (Å²) < 4.78 is 27.6. The number of rotatable bonds is 20. The Hall–Kier alpha value is -4.87. The fourth-order valence-electron chi connectivity index (χ4n) is 5.92. The zero-order valence-corrected chi connectivity index (χ0v) is 32.0. The van der Waals surface area contributed by atoms with Gasteiger partial charge in [0.15, 0.2) is 6.10 Å². The van der Waals surface area contributed by atoms with Gasteiger partial charge in [-0.3, -0.25) is 24.1 Å². The van der Waals surface area contributed by atoms with Crippen molar-refractivity contribution in [3.63, 3.8) is 0 Å². The van der Waals surface area contributed by atoms with Gasteiger partial charge in [-0.05, 0) is 89.1 Å². The number of imide groups is 1. The van der Waals surface area contributed by atoms with Crippen molar-refractivity contribution in [1.82, 2.24) is 10.2 Å². The normalized spacial score (nSPS) is 21.5. The first-order valence-corrected chi connectivity index (χ1v) is 18.6. The minimum absolute atomic E-state index is 0.0921. The molecule has 0 unspecified atom stereocenters. The summed E-state index contributed by atoms with van der Waals surface area (Å²) in [5.41, 5.74) is 1.21. The maximum atomic E-state index is 13.4. The lowest BCUT2D eigenvalue weighted by Crippen LogP contribution is -2.61. The Morgan fingerprint density at radius 2 is 1.57 bits per heavy atom. The number of ether oxygens (including phenoxy) is 5. The molecule has 5 N–H and O–H groups in total. The number of aryl methyl sites for hydroxylation is 2. The maximum Gasteiger partial charge on any atom is 0.335 e. The first-order chi connectivity index (χ1) is 26.6. The molecule has 0 aromatic heterocycles. The molecule has 0 saturated carbocycles. The van der Waals surface area contributed by atoms with Crippen LogP contribution in [-0.4, -0.2) is 118 Å². The van der Waals surface area contributed by atoms with Crippen LogP contribution in [0.5, 0.6) is 11.5 Å². The number of nitrogens with one attached hydrogen (secondary N) is 1. The monoisotopic (exact) mass is 784 g/mol. The van der Waals surface area contributed by atoms with Gasteiger partial charge in [-0.15, -0.1) is 0 Å². The van der Waals surface area contributed by atoms with Gasteiger partial charge >= 0.3 is 11.9 Å². The van der Waals surface area contributed by atoms with Crippen molar-refractivity contribution >= 4 is 29.7 Å². The lowest BCUT2D eigenvalue weighted by molar-refractivity contribution is -0.271. The number of amides is 3.